The fraction of sp³-hybridized carbons (Fsp3) is 1.00. The predicted molar refractivity (Wildman–Crippen MR) is 64.7 cm³/mol. The van der Waals surface area contributed by atoms with Gasteiger partial charge < -0.3 is 11.0 Å². The smallest absolute Gasteiger partial charge is 2.00 e. The zero-order chi connectivity index (χ0) is 13.2. The van der Waals surface area contributed by atoms with Gasteiger partial charge in [-0.2, -0.15) is 0 Å². The van der Waals surface area contributed by atoms with Gasteiger partial charge in [0.15, 0.2) is 0 Å². The topological polar surface area (TPSA) is 92.5 Å². The van der Waals surface area contributed by atoms with E-state index in [0.717, 1.165) is 0 Å². The molecular weight excluding hydrogens is 320 g/mol. The van der Waals surface area contributed by atoms with Crippen LogP contribution in [0.5, 0.6) is 0 Å². The van der Waals surface area contributed by atoms with E-state index in [2.05, 4.69) is 0 Å². The molecule has 114 valence electrons. The summed E-state index contributed by atoms with van der Waals surface area (Å²) in [6.45, 7) is 15.4. The first-order valence-electron chi connectivity index (χ1n) is 6.28. The second-order valence-electron chi connectivity index (χ2n) is 5.77. The molecule has 0 saturated carbocycles. The summed E-state index contributed by atoms with van der Waals surface area (Å²) in [7, 11) is 0. The van der Waals surface area contributed by atoms with Crippen molar-refractivity contribution in [2.75, 3.05) is 0 Å². The van der Waals surface area contributed by atoms with Gasteiger partial charge in [0.1, 0.15) is 0 Å². The van der Waals surface area contributed by atoms with Crippen molar-refractivity contribution >= 4 is 0 Å². The molecule has 0 fully saturated rings. The Morgan fingerprint density at radius 2 is 0.895 bits per heavy atom. The molecule has 0 rings (SSSR count). The van der Waals surface area contributed by atoms with Gasteiger partial charge in [-0.3, -0.25) is 0 Å². The van der Waals surface area contributed by atoms with E-state index in [-0.39, 0.29) is 53.3 Å². The van der Waals surface area contributed by atoms with Crippen LogP contribution in [-0.4, -0.2) is 12.2 Å². The third-order valence-corrected chi connectivity index (χ3v) is 12.4. The van der Waals surface area contributed by atoms with Crippen molar-refractivity contribution in [2.24, 2.45) is 0 Å². The summed E-state index contributed by atoms with van der Waals surface area (Å²) in [6.07, 6.45) is -0.143. The average molecular weight is 348 g/mol. The van der Waals surface area contributed by atoms with E-state index in [1.165, 1.54) is 0 Å². The van der Waals surface area contributed by atoms with Crippen LogP contribution in [0, 0.1) is 0 Å². The largest absolute Gasteiger partial charge is 4.00 e. The molecule has 0 aliphatic rings. The van der Waals surface area contributed by atoms with E-state index in [0.29, 0.717) is 0 Å². The van der Waals surface area contributed by atoms with Crippen LogP contribution in [0.25, 0.3) is 0 Å². The summed E-state index contributed by atoms with van der Waals surface area (Å²) < 4.78 is 25.1. The maximum atomic E-state index is 13.4. The second-order valence-corrected chi connectivity index (χ2v) is 13.6. The first-order chi connectivity index (χ1) is 7.03. The van der Waals surface area contributed by atoms with Crippen molar-refractivity contribution in [1.29, 1.82) is 0 Å². The van der Waals surface area contributed by atoms with Crippen molar-refractivity contribution in [2.45, 2.75) is 76.0 Å². The van der Waals surface area contributed by atoms with E-state index >= 15 is 0 Å². The third-order valence-electron chi connectivity index (χ3n) is 3.02. The molecule has 0 aliphatic carbocycles. The zero-order valence-corrected chi connectivity index (χ0v) is 16.5. The van der Waals surface area contributed by atoms with Crippen LogP contribution in [0.15, 0.2) is 0 Å². The van der Waals surface area contributed by atoms with E-state index in [9.17, 15) is 3.32 Å². The van der Waals surface area contributed by atoms with Crippen LogP contribution in [0.2, 0.25) is 8.45 Å². The maximum absolute atomic E-state index is 13.4. The predicted octanol–water partition coefficient (Wildman–Crippen LogP) is 4.12. The minimum absolute atomic E-state index is 0. The molecule has 0 bridgehead atoms. The summed E-state index contributed by atoms with van der Waals surface area (Å²) in [5.41, 5.74) is 0. The molecule has 0 aromatic heterocycles. The minimum Gasteiger partial charge on any atom is -2.00 e. The van der Waals surface area contributed by atoms with Crippen LogP contribution in [0.3, 0.4) is 0 Å². The van der Waals surface area contributed by atoms with Crippen LogP contribution in [0.4, 0.5) is 0 Å². The van der Waals surface area contributed by atoms with E-state index in [4.69, 9.17) is 6.64 Å². The van der Waals surface area contributed by atoms with Gasteiger partial charge in [0.25, 0.3) is 0 Å². The monoisotopic (exact) mass is 348 g/mol. The van der Waals surface area contributed by atoms with Gasteiger partial charge in [-0.1, -0.05) is 0 Å². The van der Waals surface area contributed by atoms with Crippen LogP contribution >= 0.6 is 0 Å². The molecule has 0 amide bonds. The molecule has 0 aromatic carbocycles. The molecule has 0 unspecified atom stereocenters. The fourth-order valence-electron chi connectivity index (χ4n) is 2.17. The maximum Gasteiger partial charge on any atom is 4.00 e. The summed E-state index contributed by atoms with van der Waals surface area (Å²) in [4.78, 5) is 0. The zero-order valence-electron chi connectivity index (χ0n) is 13.4. The van der Waals surface area contributed by atoms with Crippen molar-refractivity contribution in [3.8, 4) is 0 Å². The van der Waals surface area contributed by atoms with E-state index in [1.807, 2.05) is 55.4 Å². The molecule has 5 nitrogen and oxygen atoms in total. The molecule has 0 heterocycles. The minimum atomic E-state index is -4.59. The molecule has 0 aromatic rings. The Kier molecular flexibility index (Phi) is 14.7. The normalized spacial score (nSPS) is 12.3. The van der Waals surface area contributed by atoms with Crippen molar-refractivity contribution in [3.05, 3.63) is 0 Å². The van der Waals surface area contributed by atoms with Gasteiger partial charge in [0.2, 0.25) is 0 Å². The van der Waals surface area contributed by atoms with Gasteiger partial charge in [-0.25, -0.2) is 0 Å². The van der Waals surface area contributed by atoms with Gasteiger partial charge in [-0.05, 0) is 0 Å². The summed E-state index contributed by atoms with van der Waals surface area (Å²) in [5.74, 6) is 0. The Morgan fingerprint density at radius 1 is 0.684 bits per heavy atom. The van der Waals surface area contributed by atoms with Crippen molar-refractivity contribution in [3.63, 3.8) is 0 Å². The molecule has 0 aliphatic heterocycles. The summed E-state index contributed by atoms with van der Waals surface area (Å²) in [5, 5.41) is 0. The number of rotatable bonds is 6. The average Bonchev–Trinajstić information content (AvgIpc) is 1.99. The quantitative estimate of drug-likeness (QED) is 0.676. The SMILES string of the molecule is CC(C)[O][Ti](=[O])([O]C(C)C)([CH](C)C)[CH](C)C.[O-2].[O-2].[Ti+4]. The van der Waals surface area contributed by atoms with Crippen LogP contribution in [-0.2, 0) is 58.7 Å². The first-order valence-corrected chi connectivity index (χ1v) is 10.00. The van der Waals surface area contributed by atoms with Crippen LogP contribution < -0.4 is 0 Å². The molecule has 0 spiro atoms. The standard InChI is InChI=1S/2C3H7O.2C3H7.3O.2Ti/c2*1-3(2)4;2*1-3-2;;;;;/h2*3H,1-2H3;2*3H,1-2H3;;;;;/q2*-1;;;;2*-2;+2;+4. The third kappa shape index (κ3) is 6.57. The Labute approximate surface area is 134 Å². The van der Waals surface area contributed by atoms with Crippen LogP contribution in [0.1, 0.15) is 55.4 Å². The van der Waals surface area contributed by atoms with Gasteiger partial charge >= 0.3 is 124 Å². The van der Waals surface area contributed by atoms with E-state index in [1.54, 1.807) is 0 Å². The number of hydrogen-bond donors (Lipinski definition) is 0. The Morgan fingerprint density at radius 3 is 1.00 bits per heavy atom. The molecular formula is C12H28O5Ti2. The van der Waals surface area contributed by atoms with Gasteiger partial charge in [0, 0.05) is 0 Å². The Balaban J connectivity index is -0.000000375. The molecule has 0 atom stereocenters. The first kappa shape index (κ1) is 28.3. The second kappa shape index (κ2) is 9.91. The molecule has 19 heavy (non-hydrogen) atoms. The van der Waals surface area contributed by atoms with Crippen molar-refractivity contribution in [1.82, 2.24) is 0 Å². The fourth-order valence-corrected chi connectivity index (χ4v) is 8.94. The molecule has 7 heteroatoms. The summed E-state index contributed by atoms with van der Waals surface area (Å²) in [6, 6.07) is 0. The molecule has 0 saturated heterocycles. The molecule has 0 radical (unpaired) electrons. The summed E-state index contributed by atoms with van der Waals surface area (Å²) >= 11 is -4.59. The number of hydrogen-bond acceptors (Lipinski definition) is 3. The Bertz CT molecular complexity index is 260. The Hall–Kier alpha value is 1.07. The van der Waals surface area contributed by atoms with Gasteiger partial charge in [0.05, 0.1) is 0 Å². The van der Waals surface area contributed by atoms with Gasteiger partial charge in [-0.15, -0.1) is 0 Å². The molecule has 0 N–H and O–H groups in total. The van der Waals surface area contributed by atoms with E-state index < -0.39 is 16.1 Å². The van der Waals surface area contributed by atoms with Crippen molar-refractivity contribution < 1.29 is 58.7 Å².